The lowest BCUT2D eigenvalue weighted by Gasteiger charge is -2.14. The van der Waals surface area contributed by atoms with Gasteiger partial charge in [0.2, 0.25) is 0 Å². The molecular formula is C21H20N2O. The third kappa shape index (κ3) is 2.56. The molecule has 0 radical (unpaired) electrons. The van der Waals surface area contributed by atoms with Gasteiger partial charge < -0.3 is 0 Å². The summed E-state index contributed by atoms with van der Waals surface area (Å²) >= 11 is 0. The van der Waals surface area contributed by atoms with Gasteiger partial charge in [0.25, 0.3) is 0 Å². The molecule has 1 aromatic heterocycles. The van der Waals surface area contributed by atoms with Crippen LogP contribution in [0.4, 0.5) is 0 Å². The van der Waals surface area contributed by atoms with Crippen LogP contribution in [0.5, 0.6) is 0 Å². The van der Waals surface area contributed by atoms with Crippen LogP contribution in [-0.4, -0.2) is 15.6 Å². The van der Waals surface area contributed by atoms with Crippen molar-refractivity contribution in [2.75, 3.05) is 0 Å². The predicted octanol–water partition coefficient (Wildman–Crippen LogP) is 4.21. The highest BCUT2D eigenvalue weighted by molar-refractivity contribution is 5.84. The number of carbonyl (C=O) groups is 1. The molecule has 120 valence electrons. The Morgan fingerprint density at radius 2 is 1.50 bits per heavy atom. The van der Waals surface area contributed by atoms with E-state index < -0.39 is 0 Å². The van der Waals surface area contributed by atoms with Crippen molar-refractivity contribution in [1.82, 2.24) is 9.78 Å². The fourth-order valence-electron chi connectivity index (χ4n) is 3.31. The smallest absolute Gasteiger partial charge is 0.139 e. The highest BCUT2D eigenvalue weighted by Gasteiger charge is 2.26. The molecule has 4 rings (SSSR count). The second-order valence-electron chi connectivity index (χ2n) is 6.60. The number of hydrogen-bond donors (Lipinski definition) is 0. The van der Waals surface area contributed by atoms with Crippen molar-refractivity contribution in [3.05, 3.63) is 70.9 Å². The third-order valence-corrected chi connectivity index (χ3v) is 4.71. The summed E-state index contributed by atoms with van der Waals surface area (Å²) in [4.78, 5) is 12.0. The number of fused-ring (bicyclic) bond motifs is 1. The summed E-state index contributed by atoms with van der Waals surface area (Å²) in [7, 11) is 0. The van der Waals surface area contributed by atoms with Crippen LogP contribution in [0.3, 0.4) is 0 Å². The highest BCUT2D eigenvalue weighted by atomic mass is 16.1. The maximum atomic E-state index is 12.0. The Labute approximate surface area is 141 Å². The van der Waals surface area contributed by atoms with Gasteiger partial charge >= 0.3 is 0 Å². The summed E-state index contributed by atoms with van der Waals surface area (Å²) < 4.78 is 1.96. The van der Waals surface area contributed by atoms with Crippen molar-refractivity contribution in [3.8, 4) is 16.9 Å². The fourth-order valence-corrected chi connectivity index (χ4v) is 3.31. The van der Waals surface area contributed by atoms with Crippen molar-refractivity contribution in [2.45, 2.75) is 33.1 Å². The molecule has 0 amide bonds. The molecule has 3 nitrogen and oxygen atoms in total. The number of ketones is 1. The number of Topliss-reactive ketones (excluding diaryl/α,β-unsaturated/α-hetero) is 1. The van der Waals surface area contributed by atoms with Gasteiger partial charge in [-0.15, -0.1) is 0 Å². The van der Waals surface area contributed by atoms with Gasteiger partial charge in [-0.05, 0) is 32.4 Å². The first-order chi connectivity index (χ1) is 11.6. The molecule has 1 heterocycles. The summed E-state index contributed by atoms with van der Waals surface area (Å²) in [6.07, 6.45) is 1.87. The number of nitrogens with zero attached hydrogens (tertiary/aromatic N) is 2. The lowest BCUT2D eigenvalue weighted by molar-refractivity contribution is -0.118. The molecule has 3 heteroatoms. The van der Waals surface area contributed by atoms with Crippen LogP contribution in [-0.2, 0) is 17.6 Å². The predicted molar refractivity (Wildman–Crippen MR) is 95.5 cm³/mol. The van der Waals surface area contributed by atoms with E-state index in [1.165, 1.54) is 16.7 Å². The van der Waals surface area contributed by atoms with E-state index in [4.69, 9.17) is 5.10 Å². The molecule has 0 fully saturated rings. The molecule has 24 heavy (non-hydrogen) atoms. The minimum absolute atomic E-state index is 0.297. The Kier molecular flexibility index (Phi) is 3.57. The van der Waals surface area contributed by atoms with Crippen LogP contribution < -0.4 is 0 Å². The van der Waals surface area contributed by atoms with Crippen LogP contribution >= 0.6 is 0 Å². The molecule has 0 bridgehead atoms. The minimum atomic E-state index is 0.297. The van der Waals surface area contributed by atoms with Crippen LogP contribution in [0.15, 0.2) is 48.5 Å². The van der Waals surface area contributed by atoms with Gasteiger partial charge in [0.15, 0.2) is 0 Å². The number of benzene rings is 2. The van der Waals surface area contributed by atoms with E-state index in [0.717, 1.165) is 29.1 Å². The Balaban J connectivity index is 1.89. The Morgan fingerprint density at radius 3 is 2.17 bits per heavy atom. The molecule has 0 unspecified atom stereocenters. The molecule has 0 atom stereocenters. The average Bonchev–Trinajstić information content (AvgIpc) is 2.95. The van der Waals surface area contributed by atoms with E-state index in [1.807, 2.05) is 4.68 Å². The van der Waals surface area contributed by atoms with Gasteiger partial charge in [-0.25, -0.2) is 4.68 Å². The summed E-state index contributed by atoms with van der Waals surface area (Å²) in [5.74, 6) is 0.297. The molecule has 0 saturated heterocycles. The zero-order chi connectivity index (χ0) is 16.7. The monoisotopic (exact) mass is 316 g/mol. The standard InChI is InChI=1S/C21H20N2O/c1-14-3-7-16(8-4-14)21-19-12-11-18(24)13-20(19)23(22-21)17-9-5-15(2)6-10-17/h3-10H,11-13H2,1-2H3. The van der Waals surface area contributed by atoms with E-state index in [-0.39, 0.29) is 0 Å². The number of carbonyl (C=O) groups excluding carboxylic acids is 1. The van der Waals surface area contributed by atoms with E-state index in [2.05, 4.69) is 62.4 Å². The molecule has 0 spiro atoms. The van der Waals surface area contributed by atoms with Crippen molar-refractivity contribution in [2.24, 2.45) is 0 Å². The van der Waals surface area contributed by atoms with Gasteiger partial charge in [-0.2, -0.15) is 5.10 Å². The van der Waals surface area contributed by atoms with E-state index >= 15 is 0 Å². The third-order valence-electron chi connectivity index (χ3n) is 4.71. The van der Waals surface area contributed by atoms with Gasteiger partial charge in [0, 0.05) is 24.0 Å². The first-order valence-corrected chi connectivity index (χ1v) is 8.38. The molecule has 1 aliphatic carbocycles. The number of aromatic nitrogens is 2. The van der Waals surface area contributed by atoms with Crippen LogP contribution in [0, 0.1) is 13.8 Å². The maximum absolute atomic E-state index is 12.0. The quantitative estimate of drug-likeness (QED) is 0.709. The van der Waals surface area contributed by atoms with Crippen molar-refractivity contribution < 1.29 is 4.79 Å². The SMILES string of the molecule is Cc1ccc(-c2nn(-c3ccc(C)cc3)c3c2CCC(=O)C3)cc1. The second kappa shape index (κ2) is 5.75. The zero-order valence-corrected chi connectivity index (χ0v) is 14.0. The van der Waals surface area contributed by atoms with Crippen LogP contribution in [0.2, 0.25) is 0 Å². The average molecular weight is 316 g/mol. The van der Waals surface area contributed by atoms with E-state index in [0.29, 0.717) is 18.6 Å². The number of aryl methyl sites for hydroxylation is 2. The second-order valence-corrected chi connectivity index (χ2v) is 6.60. The lowest BCUT2D eigenvalue weighted by Crippen LogP contribution is -2.16. The Bertz CT molecular complexity index is 902. The Morgan fingerprint density at radius 1 is 0.875 bits per heavy atom. The molecular weight excluding hydrogens is 296 g/mol. The first-order valence-electron chi connectivity index (χ1n) is 8.38. The highest BCUT2D eigenvalue weighted by Crippen LogP contribution is 2.32. The van der Waals surface area contributed by atoms with E-state index in [9.17, 15) is 4.79 Å². The summed E-state index contributed by atoms with van der Waals surface area (Å²) in [6.45, 7) is 4.16. The van der Waals surface area contributed by atoms with Crippen LogP contribution in [0.1, 0.15) is 28.8 Å². The molecule has 0 saturated carbocycles. The van der Waals surface area contributed by atoms with Crippen molar-refractivity contribution in [1.29, 1.82) is 0 Å². The largest absolute Gasteiger partial charge is 0.299 e. The molecule has 3 aromatic rings. The molecule has 2 aromatic carbocycles. The van der Waals surface area contributed by atoms with Gasteiger partial charge in [-0.3, -0.25) is 4.79 Å². The summed E-state index contributed by atoms with van der Waals surface area (Å²) in [6, 6.07) is 16.8. The summed E-state index contributed by atoms with van der Waals surface area (Å²) in [5.41, 5.74) is 7.88. The molecule has 0 aliphatic heterocycles. The minimum Gasteiger partial charge on any atom is -0.299 e. The fraction of sp³-hybridized carbons (Fsp3) is 0.238. The molecule has 0 N–H and O–H groups in total. The summed E-state index contributed by atoms with van der Waals surface area (Å²) in [5, 5.41) is 4.89. The normalized spacial score (nSPS) is 13.8. The van der Waals surface area contributed by atoms with Crippen molar-refractivity contribution >= 4 is 5.78 Å². The molecule has 1 aliphatic rings. The van der Waals surface area contributed by atoms with Crippen molar-refractivity contribution in [3.63, 3.8) is 0 Å². The first kappa shape index (κ1) is 14.9. The van der Waals surface area contributed by atoms with Gasteiger partial charge in [-0.1, -0.05) is 47.5 Å². The van der Waals surface area contributed by atoms with Crippen LogP contribution in [0.25, 0.3) is 16.9 Å². The Hall–Kier alpha value is -2.68. The topological polar surface area (TPSA) is 34.9 Å². The number of rotatable bonds is 2. The van der Waals surface area contributed by atoms with Gasteiger partial charge in [0.1, 0.15) is 5.78 Å². The van der Waals surface area contributed by atoms with E-state index in [1.54, 1.807) is 0 Å². The lowest BCUT2D eigenvalue weighted by atomic mass is 9.92. The number of hydrogen-bond acceptors (Lipinski definition) is 2. The zero-order valence-electron chi connectivity index (χ0n) is 14.0. The maximum Gasteiger partial charge on any atom is 0.139 e. The van der Waals surface area contributed by atoms with Gasteiger partial charge in [0.05, 0.1) is 17.1 Å².